The Morgan fingerprint density at radius 2 is 1.84 bits per heavy atom. The van der Waals surface area contributed by atoms with E-state index in [0.29, 0.717) is 0 Å². The van der Waals surface area contributed by atoms with Gasteiger partial charge in [0.15, 0.2) is 6.10 Å². The molecule has 3 amide bonds. The summed E-state index contributed by atoms with van der Waals surface area (Å²) in [5, 5.41) is 19.8. The fraction of sp³-hybridized carbons (Fsp3) is 0.636. The van der Waals surface area contributed by atoms with Crippen LogP contribution in [0.1, 0.15) is 25.7 Å². The van der Waals surface area contributed by atoms with Crippen molar-refractivity contribution in [1.29, 1.82) is 0 Å². The van der Waals surface area contributed by atoms with Crippen molar-refractivity contribution in [3.8, 4) is 0 Å². The summed E-state index contributed by atoms with van der Waals surface area (Å²) >= 11 is 0. The molecule has 0 radical (unpaired) electrons. The molecule has 1 aliphatic heterocycles. The van der Waals surface area contributed by atoms with Crippen LogP contribution < -0.4 is 5.32 Å². The van der Waals surface area contributed by atoms with E-state index in [4.69, 9.17) is 10.2 Å². The number of carboxylic acid groups (broad SMARTS) is 1. The predicted molar refractivity (Wildman–Crippen MR) is 61.8 cm³/mol. The van der Waals surface area contributed by atoms with Crippen molar-refractivity contribution in [3.63, 3.8) is 0 Å². The molecule has 0 aromatic carbocycles. The first-order valence-corrected chi connectivity index (χ1v) is 5.92. The molecule has 0 aromatic rings. The minimum Gasteiger partial charge on any atom is -0.479 e. The lowest BCUT2D eigenvalue weighted by Crippen LogP contribution is -2.35. The van der Waals surface area contributed by atoms with E-state index >= 15 is 0 Å². The lowest BCUT2D eigenvalue weighted by Gasteiger charge is -2.13. The zero-order chi connectivity index (χ0) is 14.4. The Kier molecular flexibility index (Phi) is 5.43. The number of aliphatic hydroxyl groups excluding tert-OH is 1. The van der Waals surface area contributed by atoms with Crippen molar-refractivity contribution in [2.24, 2.45) is 0 Å². The molecule has 1 atom stereocenters. The summed E-state index contributed by atoms with van der Waals surface area (Å²) in [5.41, 5.74) is 0. The Hall–Kier alpha value is -1.96. The molecule has 1 aliphatic rings. The van der Waals surface area contributed by atoms with E-state index in [2.05, 4.69) is 5.32 Å². The summed E-state index contributed by atoms with van der Waals surface area (Å²) in [6.07, 6.45) is -1.26. The first-order valence-electron chi connectivity index (χ1n) is 5.92. The molecule has 3 N–H and O–H groups in total. The lowest BCUT2D eigenvalue weighted by molar-refractivity contribution is -0.147. The van der Waals surface area contributed by atoms with Gasteiger partial charge in [-0.05, 0) is 0 Å². The number of imide groups is 1. The number of carbonyl (C=O) groups is 4. The third-order valence-corrected chi connectivity index (χ3v) is 2.74. The lowest BCUT2D eigenvalue weighted by atomic mass is 10.2. The van der Waals surface area contributed by atoms with Crippen LogP contribution in [0.25, 0.3) is 0 Å². The number of nitrogens with zero attached hydrogens (tertiary/aromatic N) is 1. The minimum absolute atomic E-state index is 0.0220. The van der Waals surface area contributed by atoms with Crippen LogP contribution in [-0.4, -0.2) is 58.0 Å². The van der Waals surface area contributed by atoms with Gasteiger partial charge in [0.05, 0.1) is 0 Å². The molecule has 1 heterocycles. The van der Waals surface area contributed by atoms with E-state index in [1.807, 2.05) is 0 Å². The Labute approximate surface area is 109 Å². The largest absolute Gasteiger partial charge is 0.479 e. The minimum atomic E-state index is -1.51. The monoisotopic (exact) mass is 272 g/mol. The Bertz CT molecular complexity index is 379. The van der Waals surface area contributed by atoms with Crippen LogP contribution in [0.5, 0.6) is 0 Å². The average molecular weight is 272 g/mol. The molecule has 0 aromatic heterocycles. The molecule has 1 saturated heterocycles. The Balaban J connectivity index is 2.19. The first-order chi connectivity index (χ1) is 8.91. The summed E-state index contributed by atoms with van der Waals surface area (Å²) in [4.78, 5) is 45.2. The molecular formula is C11H16N2O6. The van der Waals surface area contributed by atoms with E-state index in [0.717, 1.165) is 4.90 Å². The van der Waals surface area contributed by atoms with Crippen LogP contribution in [0.15, 0.2) is 0 Å². The van der Waals surface area contributed by atoms with Crippen molar-refractivity contribution in [2.75, 3.05) is 13.1 Å². The zero-order valence-electron chi connectivity index (χ0n) is 10.3. The number of rotatable bonds is 7. The fourth-order valence-electron chi connectivity index (χ4n) is 1.65. The molecular weight excluding hydrogens is 256 g/mol. The second-order valence-corrected chi connectivity index (χ2v) is 4.18. The number of amides is 3. The van der Waals surface area contributed by atoms with Gasteiger partial charge in [-0.15, -0.1) is 0 Å². The van der Waals surface area contributed by atoms with Gasteiger partial charge in [-0.25, -0.2) is 4.79 Å². The topological polar surface area (TPSA) is 124 Å². The van der Waals surface area contributed by atoms with Crippen molar-refractivity contribution in [1.82, 2.24) is 10.2 Å². The number of nitrogens with one attached hydrogen (secondary N) is 1. The molecule has 0 bridgehead atoms. The second kappa shape index (κ2) is 6.83. The van der Waals surface area contributed by atoms with E-state index in [1.165, 1.54) is 0 Å². The summed E-state index contributed by atoms with van der Waals surface area (Å²) < 4.78 is 0. The molecule has 0 spiro atoms. The van der Waals surface area contributed by atoms with Gasteiger partial charge in [-0.2, -0.15) is 0 Å². The summed E-state index contributed by atoms with van der Waals surface area (Å²) in [6.45, 7) is 0.0547. The first kappa shape index (κ1) is 15.1. The molecule has 8 nitrogen and oxygen atoms in total. The third kappa shape index (κ3) is 4.66. The third-order valence-electron chi connectivity index (χ3n) is 2.74. The standard InChI is InChI=1S/C11H16N2O6/c14-7(11(18)19)3-5-12-8(15)4-6-13-9(16)1-2-10(13)17/h7,14H,1-6H2,(H,12,15)(H,18,19)/t7-/m0/s1. The molecule has 1 rings (SSSR count). The molecule has 1 fully saturated rings. The molecule has 19 heavy (non-hydrogen) atoms. The highest BCUT2D eigenvalue weighted by Gasteiger charge is 2.28. The van der Waals surface area contributed by atoms with Gasteiger partial charge in [-0.3, -0.25) is 19.3 Å². The number of aliphatic carboxylic acids is 1. The van der Waals surface area contributed by atoms with Crippen molar-refractivity contribution >= 4 is 23.7 Å². The van der Waals surface area contributed by atoms with Crippen molar-refractivity contribution in [2.45, 2.75) is 31.8 Å². The van der Waals surface area contributed by atoms with Crippen LogP contribution in [0, 0.1) is 0 Å². The van der Waals surface area contributed by atoms with E-state index < -0.39 is 18.0 Å². The van der Waals surface area contributed by atoms with Crippen LogP contribution in [0.2, 0.25) is 0 Å². The van der Waals surface area contributed by atoms with Gasteiger partial charge in [0.1, 0.15) is 0 Å². The van der Waals surface area contributed by atoms with Crippen LogP contribution in [0.3, 0.4) is 0 Å². The maximum atomic E-state index is 11.4. The van der Waals surface area contributed by atoms with Gasteiger partial charge in [0.2, 0.25) is 17.7 Å². The quantitative estimate of drug-likeness (QED) is 0.483. The van der Waals surface area contributed by atoms with Gasteiger partial charge in [-0.1, -0.05) is 0 Å². The maximum absolute atomic E-state index is 11.4. The van der Waals surface area contributed by atoms with Crippen molar-refractivity contribution < 1.29 is 29.4 Å². The smallest absolute Gasteiger partial charge is 0.332 e. The van der Waals surface area contributed by atoms with Gasteiger partial charge in [0.25, 0.3) is 0 Å². The molecule has 106 valence electrons. The number of carbonyl (C=O) groups excluding carboxylic acids is 3. The van der Waals surface area contributed by atoms with E-state index in [9.17, 15) is 19.2 Å². The summed E-state index contributed by atoms with van der Waals surface area (Å²) in [6, 6.07) is 0. The highest BCUT2D eigenvalue weighted by atomic mass is 16.4. The molecule has 0 aliphatic carbocycles. The fourth-order valence-corrected chi connectivity index (χ4v) is 1.65. The highest BCUT2D eigenvalue weighted by Crippen LogP contribution is 2.11. The number of aliphatic hydroxyl groups is 1. The molecule has 8 heteroatoms. The number of hydrogen-bond acceptors (Lipinski definition) is 5. The van der Waals surface area contributed by atoms with Gasteiger partial charge in [0, 0.05) is 38.8 Å². The maximum Gasteiger partial charge on any atom is 0.332 e. The average Bonchev–Trinajstić information content (AvgIpc) is 2.66. The van der Waals surface area contributed by atoms with Crippen LogP contribution in [0.4, 0.5) is 0 Å². The van der Waals surface area contributed by atoms with Crippen molar-refractivity contribution in [3.05, 3.63) is 0 Å². The molecule has 0 unspecified atom stereocenters. The summed E-state index contributed by atoms with van der Waals surface area (Å²) in [5.74, 6) is -2.30. The normalized spacial score (nSPS) is 16.6. The highest BCUT2D eigenvalue weighted by molar-refractivity contribution is 6.02. The zero-order valence-corrected chi connectivity index (χ0v) is 10.3. The Morgan fingerprint density at radius 3 is 2.37 bits per heavy atom. The van der Waals surface area contributed by atoms with E-state index in [1.54, 1.807) is 0 Å². The van der Waals surface area contributed by atoms with Gasteiger partial charge < -0.3 is 15.5 Å². The predicted octanol–water partition coefficient (Wildman–Crippen LogP) is -1.52. The second-order valence-electron chi connectivity index (χ2n) is 4.18. The van der Waals surface area contributed by atoms with Crippen LogP contribution >= 0.6 is 0 Å². The van der Waals surface area contributed by atoms with Crippen LogP contribution in [-0.2, 0) is 19.2 Å². The number of carboxylic acids is 1. The Morgan fingerprint density at radius 1 is 1.26 bits per heavy atom. The molecule has 0 saturated carbocycles. The van der Waals surface area contributed by atoms with E-state index in [-0.39, 0.29) is 50.6 Å². The SMILES string of the molecule is O=C(CCN1C(=O)CCC1=O)NCC[C@H](O)C(=O)O. The summed E-state index contributed by atoms with van der Waals surface area (Å²) in [7, 11) is 0. The van der Waals surface area contributed by atoms with Gasteiger partial charge >= 0.3 is 5.97 Å². The number of hydrogen-bond donors (Lipinski definition) is 3. The number of likely N-dealkylation sites (tertiary alicyclic amines) is 1.